The third kappa shape index (κ3) is 15.7. The molecule has 6 nitrogen and oxygen atoms in total. The first-order chi connectivity index (χ1) is 62.9. The summed E-state index contributed by atoms with van der Waals surface area (Å²) in [5, 5.41) is 15.3. The van der Waals surface area contributed by atoms with Crippen LogP contribution >= 0.6 is 0 Å². The van der Waals surface area contributed by atoms with Gasteiger partial charge in [0.2, 0.25) is 0 Å². The van der Waals surface area contributed by atoms with Gasteiger partial charge in [0.25, 0.3) is 0 Å². The zero-order valence-corrected chi connectivity index (χ0v) is 79.9. The number of hydrogen-bond acceptors (Lipinski definition) is 4. The number of furan rings is 2. The molecule has 4 aromatic heterocycles. The second kappa shape index (κ2) is 33.0. The van der Waals surface area contributed by atoms with Gasteiger partial charge in [-0.25, -0.2) is 0 Å². The number of nitrogens with zero attached hydrogens (tertiary/aromatic N) is 4. The number of fused-ring (bicyclic) bond motifs is 12. The smallest absolute Gasteiger partial charge is 0.159 e. The van der Waals surface area contributed by atoms with Gasteiger partial charge in [-0.2, -0.15) is 0 Å². The van der Waals surface area contributed by atoms with Crippen molar-refractivity contribution in [2.45, 2.75) is 78.6 Å². The minimum atomic E-state index is -1.38. The molecule has 0 saturated carbocycles. The topological polar surface area (TPSA) is 42.6 Å². The van der Waals surface area contributed by atoms with Gasteiger partial charge in [-0.3, -0.25) is 0 Å². The van der Waals surface area contributed by atoms with Gasteiger partial charge in [0.15, 0.2) is 5.58 Å². The highest BCUT2D eigenvalue weighted by atomic mass is 28.3. The Bertz CT molecular complexity index is 7780. The van der Waals surface area contributed by atoms with Crippen molar-refractivity contribution in [2.24, 2.45) is 0 Å². The van der Waals surface area contributed by atoms with Crippen molar-refractivity contribution in [1.29, 1.82) is 0 Å². The number of rotatable bonds is 18. The van der Waals surface area contributed by atoms with E-state index in [1.807, 2.05) is 18.2 Å². The SMILES string of the molecule is C[Si](C)(C)c1ccc(-c2ccc(N(c3ccc(-c4ccc([Si](C)(C)C)cc4)cc3)c3ccc(-c4ccc5c(c4)c4ccccc4n5-c4ccc5c(c4)oc4ccccc45)cc3)cc2)cc1.C[Si](C)(C)c1ccc(-c2ccc(N(c3ccc(-c4ccc([Si](C)(C)C)cc4)cc3)c3ccc(-c4ccc5c(c4)c4ccccc4n5-c4cccc5c4oc4ccccc45)cc3)cc2)cc1. The van der Waals surface area contributed by atoms with Gasteiger partial charge in [0, 0.05) is 89.0 Å². The average molecular weight is 1750 g/mol. The van der Waals surface area contributed by atoms with Gasteiger partial charge in [-0.05, 0) is 206 Å². The van der Waals surface area contributed by atoms with Crippen LogP contribution in [0.25, 0.3) is 166 Å². The highest BCUT2D eigenvalue weighted by molar-refractivity contribution is 6.90. The van der Waals surface area contributed by atoms with E-state index in [-0.39, 0.29) is 0 Å². The Labute approximate surface area is 765 Å². The number of aromatic nitrogens is 2. The van der Waals surface area contributed by atoms with E-state index in [1.54, 1.807) is 0 Å². The van der Waals surface area contributed by atoms with E-state index in [0.717, 1.165) is 100 Å². The lowest BCUT2D eigenvalue weighted by Crippen LogP contribution is -2.37. The third-order valence-electron chi connectivity index (χ3n) is 26.3. The molecule has 0 aliphatic rings. The summed E-state index contributed by atoms with van der Waals surface area (Å²) in [6.07, 6.45) is 0. The predicted molar refractivity (Wildman–Crippen MR) is 570 cm³/mol. The summed E-state index contributed by atoms with van der Waals surface area (Å²) in [6, 6.07) is 152. The monoisotopic (exact) mass is 1740 g/mol. The molecule has 0 radical (unpaired) electrons. The van der Waals surface area contributed by atoms with Crippen molar-refractivity contribution in [3.63, 3.8) is 0 Å². The molecule has 0 fully saturated rings. The molecule has 0 saturated heterocycles. The van der Waals surface area contributed by atoms with Crippen LogP contribution in [0.2, 0.25) is 78.6 Å². The maximum atomic E-state index is 6.55. The van der Waals surface area contributed by atoms with Crippen molar-refractivity contribution >= 4 is 175 Å². The Morgan fingerprint density at radius 3 is 0.800 bits per heavy atom. The lowest BCUT2D eigenvalue weighted by atomic mass is 10.0. The first-order valence-electron chi connectivity index (χ1n) is 45.5. The zero-order chi connectivity index (χ0) is 88.9. The third-order valence-corrected chi connectivity index (χ3v) is 34.6. The summed E-state index contributed by atoms with van der Waals surface area (Å²) in [5.41, 5.74) is 31.6. The maximum Gasteiger partial charge on any atom is 0.159 e. The summed E-state index contributed by atoms with van der Waals surface area (Å²) >= 11 is 0. The summed E-state index contributed by atoms with van der Waals surface area (Å²) in [5.74, 6) is 0. The fraction of sp³-hybridized carbons (Fsp3) is 0.100. The second-order valence-electron chi connectivity index (χ2n) is 39.0. The molecule has 0 aliphatic carbocycles. The summed E-state index contributed by atoms with van der Waals surface area (Å²) in [7, 11) is -5.50. The van der Waals surface area contributed by atoms with E-state index in [1.165, 1.54) is 120 Å². The quantitative estimate of drug-likeness (QED) is 0.0803. The first-order valence-corrected chi connectivity index (χ1v) is 59.5. The molecule has 18 aromatic carbocycles. The van der Waals surface area contributed by atoms with E-state index in [9.17, 15) is 0 Å². The molecule has 130 heavy (non-hydrogen) atoms. The number of benzene rings is 18. The molecule has 22 aromatic rings. The lowest BCUT2D eigenvalue weighted by molar-refractivity contribution is 0.666. The summed E-state index contributed by atoms with van der Waals surface area (Å²) in [4.78, 5) is 4.74. The Hall–Kier alpha value is -14.4. The molecular weight excluding hydrogens is 1640 g/mol. The molecule has 0 spiro atoms. The first kappa shape index (κ1) is 82.6. The van der Waals surface area contributed by atoms with Crippen LogP contribution in [0.1, 0.15) is 0 Å². The molecular formula is C120H104N4O2Si4. The Balaban J connectivity index is 0.000000157. The van der Waals surface area contributed by atoms with Gasteiger partial charge < -0.3 is 27.8 Å². The van der Waals surface area contributed by atoms with Crippen LogP contribution in [0.15, 0.2) is 421 Å². The second-order valence-corrected chi connectivity index (χ2v) is 59.3. The normalized spacial score (nSPS) is 12.2. The molecule has 0 aliphatic heterocycles. The van der Waals surface area contributed by atoms with Crippen molar-refractivity contribution in [3.8, 4) is 78.1 Å². The largest absolute Gasteiger partial charge is 0.456 e. The van der Waals surface area contributed by atoms with Crippen LogP contribution in [-0.4, -0.2) is 41.4 Å². The Kier molecular flexibility index (Phi) is 21.0. The molecule has 0 N–H and O–H groups in total. The van der Waals surface area contributed by atoms with Gasteiger partial charge in [0.05, 0.1) is 60.0 Å². The van der Waals surface area contributed by atoms with Crippen LogP contribution in [0.4, 0.5) is 34.1 Å². The van der Waals surface area contributed by atoms with Crippen molar-refractivity contribution < 1.29 is 8.83 Å². The number of para-hydroxylation sites is 5. The molecule has 632 valence electrons. The van der Waals surface area contributed by atoms with Crippen LogP contribution in [0.3, 0.4) is 0 Å². The van der Waals surface area contributed by atoms with Crippen LogP contribution in [0, 0.1) is 0 Å². The summed E-state index contributed by atoms with van der Waals surface area (Å²) < 4.78 is 17.6. The van der Waals surface area contributed by atoms with E-state index >= 15 is 0 Å². The molecule has 0 unspecified atom stereocenters. The molecule has 10 heteroatoms. The Morgan fingerprint density at radius 2 is 0.446 bits per heavy atom. The van der Waals surface area contributed by atoms with Crippen LogP contribution < -0.4 is 30.5 Å². The Morgan fingerprint density at radius 1 is 0.185 bits per heavy atom. The molecule has 22 rings (SSSR count). The number of anilines is 6. The minimum absolute atomic E-state index is 0.895. The predicted octanol–water partition coefficient (Wildman–Crippen LogP) is 32.5. The van der Waals surface area contributed by atoms with Gasteiger partial charge in [-0.1, -0.05) is 366 Å². The van der Waals surface area contributed by atoms with E-state index < -0.39 is 32.3 Å². The van der Waals surface area contributed by atoms with Crippen LogP contribution in [-0.2, 0) is 0 Å². The molecule has 0 atom stereocenters. The maximum absolute atomic E-state index is 6.55. The molecule has 0 bridgehead atoms. The number of hydrogen-bond donors (Lipinski definition) is 0. The van der Waals surface area contributed by atoms with Crippen LogP contribution in [0.5, 0.6) is 0 Å². The van der Waals surface area contributed by atoms with Crippen molar-refractivity contribution in [1.82, 2.24) is 9.13 Å². The molecule has 0 amide bonds. The molecule has 4 heterocycles. The van der Waals surface area contributed by atoms with E-state index in [2.05, 4.69) is 492 Å². The van der Waals surface area contributed by atoms with Gasteiger partial charge in [0.1, 0.15) is 16.7 Å². The minimum Gasteiger partial charge on any atom is -0.456 e. The highest BCUT2D eigenvalue weighted by Crippen LogP contribution is 2.45. The average Bonchev–Trinajstić information content (AvgIpc) is 1.57. The fourth-order valence-electron chi connectivity index (χ4n) is 19.0. The fourth-order valence-corrected chi connectivity index (χ4v) is 23.6. The highest BCUT2D eigenvalue weighted by Gasteiger charge is 2.26. The zero-order valence-electron chi connectivity index (χ0n) is 75.9. The van der Waals surface area contributed by atoms with E-state index in [0.29, 0.717) is 0 Å². The summed E-state index contributed by atoms with van der Waals surface area (Å²) in [6.45, 7) is 28.8. The van der Waals surface area contributed by atoms with Crippen molar-refractivity contribution in [2.75, 3.05) is 9.80 Å². The standard InChI is InChI=1S/2C60H52N2OSi2/c1-64(2,3)50-35-24-43(25-36-50)41-18-29-47(30-19-41)61(48-31-20-42(21-32-48)44-26-37-51(38-27-44)65(4,5)6)49-33-22-45(23-34-49)46-28-39-57-55(40-46)52-12-7-9-15-56(52)62(57)58-16-11-14-54-53-13-8-10-17-59(53)63-60(54)58;1-64(2,3)51-33-21-43(22-34-51)41-15-26-47(27-16-41)61(48-28-17-42(18-29-48)44-23-35-52(36-24-44)65(4,5)6)49-30-19-45(20-31-49)46-25-38-58-56(39-46)53-11-7-9-13-57(53)62(58)50-32-37-55-54-12-8-10-14-59(54)63-60(55)40-50/h2*7-40H,1-6H3. The van der Waals surface area contributed by atoms with Gasteiger partial charge in [-0.15, -0.1) is 0 Å². The van der Waals surface area contributed by atoms with Crippen molar-refractivity contribution in [3.05, 3.63) is 413 Å². The lowest BCUT2D eigenvalue weighted by Gasteiger charge is -2.26. The van der Waals surface area contributed by atoms with E-state index in [4.69, 9.17) is 8.83 Å². The van der Waals surface area contributed by atoms with Gasteiger partial charge >= 0.3 is 0 Å².